The molecule has 3 nitrogen and oxygen atoms in total. The molecule has 1 rings (SSSR count). The van der Waals surface area contributed by atoms with E-state index in [1.807, 2.05) is 12.1 Å². The molecule has 0 aliphatic carbocycles. The number of hydrogen-bond donors (Lipinski definition) is 1. The molecule has 3 heteroatoms. The van der Waals surface area contributed by atoms with Gasteiger partial charge in [0.2, 0.25) is 0 Å². The maximum atomic E-state index is 5.51. The van der Waals surface area contributed by atoms with Crippen LogP contribution in [0.3, 0.4) is 0 Å². The first kappa shape index (κ1) is 17.8. The van der Waals surface area contributed by atoms with E-state index >= 15 is 0 Å². The van der Waals surface area contributed by atoms with Gasteiger partial charge in [-0.05, 0) is 31.7 Å². The number of methoxy groups -OCH3 is 2. The van der Waals surface area contributed by atoms with Crippen molar-refractivity contribution < 1.29 is 9.47 Å². The summed E-state index contributed by atoms with van der Waals surface area (Å²) in [6, 6.07) is 6.83. The van der Waals surface area contributed by atoms with Crippen LogP contribution < -0.4 is 14.8 Å². The number of nitrogens with one attached hydrogen (secondary N) is 1. The molecule has 3 atom stereocenters. The summed E-state index contributed by atoms with van der Waals surface area (Å²) in [4.78, 5) is 0. The van der Waals surface area contributed by atoms with Gasteiger partial charge in [0.25, 0.3) is 0 Å². The minimum Gasteiger partial charge on any atom is -0.497 e. The molecule has 21 heavy (non-hydrogen) atoms. The van der Waals surface area contributed by atoms with Gasteiger partial charge in [-0.15, -0.1) is 0 Å². The normalized spacial score (nSPS) is 15.3. The molecule has 0 aliphatic rings. The fourth-order valence-corrected chi connectivity index (χ4v) is 2.62. The zero-order valence-corrected chi connectivity index (χ0v) is 14.4. The zero-order valence-electron chi connectivity index (χ0n) is 14.4. The molecule has 0 amide bonds. The molecule has 0 bridgehead atoms. The van der Waals surface area contributed by atoms with Crippen molar-refractivity contribution in [3.63, 3.8) is 0 Å². The number of benzene rings is 1. The summed E-state index contributed by atoms with van der Waals surface area (Å²) in [5.74, 6) is 2.47. The Hall–Kier alpha value is -1.22. The third kappa shape index (κ3) is 5.24. The largest absolute Gasteiger partial charge is 0.497 e. The van der Waals surface area contributed by atoms with Gasteiger partial charge in [0.1, 0.15) is 11.5 Å². The van der Waals surface area contributed by atoms with E-state index in [1.165, 1.54) is 18.4 Å². The molecule has 0 saturated carbocycles. The van der Waals surface area contributed by atoms with E-state index in [0.29, 0.717) is 6.04 Å². The van der Waals surface area contributed by atoms with E-state index in [9.17, 15) is 0 Å². The molecule has 0 radical (unpaired) electrons. The Morgan fingerprint density at radius 1 is 1.05 bits per heavy atom. The van der Waals surface area contributed by atoms with E-state index in [4.69, 9.17) is 9.47 Å². The smallest absolute Gasteiger partial charge is 0.127 e. The molecular formula is C18H31NO2. The molecule has 3 unspecified atom stereocenters. The van der Waals surface area contributed by atoms with Gasteiger partial charge in [0.15, 0.2) is 0 Å². The molecule has 0 saturated heterocycles. The molecule has 0 fully saturated rings. The van der Waals surface area contributed by atoms with Gasteiger partial charge in [-0.25, -0.2) is 0 Å². The SMILES string of the molecule is CCC(C)CC(CC)NC(C)c1ccc(OC)cc1OC. The van der Waals surface area contributed by atoms with Crippen molar-refractivity contribution in [3.05, 3.63) is 23.8 Å². The topological polar surface area (TPSA) is 30.5 Å². The molecule has 0 spiro atoms. The Kier molecular flexibility index (Phi) is 7.58. The zero-order chi connectivity index (χ0) is 15.8. The van der Waals surface area contributed by atoms with Crippen LogP contribution in [0.25, 0.3) is 0 Å². The maximum absolute atomic E-state index is 5.51. The van der Waals surface area contributed by atoms with E-state index in [2.05, 4.69) is 39.1 Å². The lowest BCUT2D eigenvalue weighted by Crippen LogP contribution is -2.32. The summed E-state index contributed by atoms with van der Waals surface area (Å²) < 4.78 is 10.8. The highest BCUT2D eigenvalue weighted by atomic mass is 16.5. The van der Waals surface area contributed by atoms with Crippen molar-refractivity contribution in [3.8, 4) is 11.5 Å². The van der Waals surface area contributed by atoms with Crippen LogP contribution >= 0.6 is 0 Å². The predicted molar refractivity (Wildman–Crippen MR) is 89.2 cm³/mol. The Bertz CT molecular complexity index is 420. The first-order chi connectivity index (χ1) is 10.0. The lowest BCUT2D eigenvalue weighted by atomic mass is 9.96. The molecule has 0 aromatic heterocycles. The average Bonchev–Trinajstić information content (AvgIpc) is 2.52. The first-order valence-corrected chi connectivity index (χ1v) is 8.03. The Morgan fingerprint density at radius 3 is 2.29 bits per heavy atom. The molecule has 1 N–H and O–H groups in total. The second kappa shape index (κ2) is 8.93. The fourth-order valence-electron chi connectivity index (χ4n) is 2.62. The van der Waals surface area contributed by atoms with Crippen LogP contribution in [-0.2, 0) is 0 Å². The van der Waals surface area contributed by atoms with Crippen molar-refractivity contribution in [2.45, 2.75) is 59.0 Å². The van der Waals surface area contributed by atoms with Gasteiger partial charge in [-0.1, -0.05) is 33.3 Å². The van der Waals surface area contributed by atoms with Gasteiger partial charge in [0, 0.05) is 23.7 Å². The molecular weight excluding hydrogens is 262 g/mol. The second-order valence-electron chi connectivity index (χ2n) is 5.85. The third-order valence-electron chi connectivity index (χ3n) is 4.27. The molecule has 0 aliphatic heterocycles. The van der Waals surface area contributed by atoms with Crippen LogP contribution in [0.5, 0.6) is 11.5 Å². The number of rotatable bonds is 9. The third-order valence-corrected chi connectivity index (χ3v) is 4.27. The van der Waals surface area contributed by atoms with Gasteiger partial charge >= 0.3 is 0 Å². The highest BCUT2D eigenvalue weighted by molar-refractivity contribution is 5.42. The Morgan fingerprint density at radius 2 is 1.76 bits per heavy atom. The lowest BCUT2D eigenvalue weighted by Gasteiger charge is -2.26. The van der Waals surface area contributed by atoms with E-state index < -0.39 is 0 Å². The van der Waals surface area contributed by atoms with Crippen molar-refractivity contribution in [2.24, 2.45) is 5.92 Å². The standard InChI is InChI=1S/C18H31NO2/c1-7-13(3)11-15(8-2)19-14(4)17-10-9-16(20-5)12-18(17)21-6/h9-10,12-15,19H,7-8,11H2,1-6H3. The Balaban J connectivity index is 2.79. The van der Waals surface area contributed by atoms with E-state index in [-0.39, 0.29) is 6.04 Å². The summed E-state index contributed by atoms with van der Waals surface area (Å²) in [6.45, 7) is 9.03. The van der Waals surface area contributed by atoms with Gasteiger partial charge in [-0.3, -0.25) is 0 Å². The number of hydrogen-bond acceptors (Lipinski definition) is 3. The van der Waals surface area contributed by atoms with Crippen molar-refractivity contribution in [1.82, 2.24) is 5.32 Å². The summed E-state index contributed by atoms with van der Waals surface area (Å²) in [6.07, 6.45) is 3.60. The van der Waals surface area contributed by atoms with Crippen LogP contribution in [0.2, 0.25) is 0 Å². The van der Waals surface area contributed by atoms with Crippen LogP contribution in [-0.4, -0.2) is 20.3 Å². The molecule has 120 valence electrons. The highest BCUT2D eigenvalue weighted by Crippen LogP contribution is 2.30. The van der Waals surface area contributed by atoms with Crippen LogP contribution in [0.15, 0.2) is 18.2 Å². The van der Waals surface area contributed by atoms with Gasteiger partial charge < -0.3 is 14.8 Å². The molecule has 1 aromatic carbocycles. The Labute approximate surface area is 130 Å². The van der Waals surface area contributed by atoms with Gasteiger partial charge in [0.05, 0.1) is 14.2 Å². The number of ether oxygens (including phenoxy) is 2. The maximum Gasteiger partial charge on any atom is 0.127 e. The summed E-state index contributed by atoms with van der Waals surface area (Å²) >= 11 is 0. The monoisotopic (exact) mass is 293 g/mol. The van der Waals surface area contributed by atoms with E-state index in [1.54, 1.807) is 14.2 Å². The van der Waals surface area contributed by atoms with Crippen molar-refractivity contribution in [2.75, 3.05) is 14.2 Å². The molecule has 1 aromatic rings. The van der Waals surface area contributed by atoms with Crippen molar-refractivity contribution in [1.29, 1.82) is 0 Å². The minimum atomic E-state index is 0.264. The summed E-state index contributed by atoms with van der Waals surface area (Å²) in [7, 11) is 3.39. The van der Waals surface area contributed by atoms with E-state index in [0.717, 1.165) is 23.8 Å². The van der Waals surface area contributed by atoms with Crippen LogP contribution in [0.4, 0.5) is 0 Å². The lowest BCUT2D eigenvalue weighted by molar-refractivity contribution is 0.348. The summed E-state index contributed by atoms with van der Waals surface area (Å²) in [5, 5.41) is 3.74. The van der Waals surface area contributed by atoms with Crippen LogP contribution in [0, 0.1) is 5.92 Å². The summed E-state index contributed by atoms with van der Waals surface area (Å²) in [5.41, 5.74) is 1.18. The molecule has 0 heterocycles. The highest BCUT2D eigenvalue weighted by Gasteiger charge is 2.17. The average molecular weight is 293 g/mol. The second-order valence-corrected chi connectivity index (χ2v) is 5.85. The predicted octanol–water partition coefficient (Wildman–Crippen LogP) is 4.57. The quantitative estimate of drug-likeness (QED) is 0.723. The fraction of sp³-hybridized carbons (Fsp3) is 0.667. The minimum absolute atomic E-state index is 0.264. The van der Waals surface area contributed by atoms with Crippen molar-refractivity contribution >= 4 is 0 Å². The van der Waals surface area contributed by atoms with Crippen LogP contribution in [0.1, 0.15) is 58.6 Å². The van der Waals surface area contributed by atoms with Gasteiger partial charge in [-0.2, -0.15) is 0 Å². The first-order valence-electron chi connectivity index (χ1n) is 8.03.